The summed E-state index contributed by atoms with van der Waals surface area (Å²) in [6.45, 7) is 7.53. The van der Waals surface area contributed by atoms with Gasteiger partial charge in [-0.3, -0.25) is 4.79 Å². The highest BCUT2D eigenvalue weighted by molar-refractivity contribution is 5.88. The first-order valence-electron chi connectivity index (χ1n) is 8.45. The Labute approximate surface area is 133 Å². The van der Waals surface area contributed by atoms with E-state index in [1.54, 1.807) is 0 Å². The summed E-state index contributed by atoms with van der Waals surface area (Å²) >= 11 is 0. The molecule has 4 atom stereocenters. The predicted molar refractivity (Wildman–Crippen MR) is 90.1 cm³/mol. The lowest BCUT2D eigenvalue weighted by Crippen LogP contribution is -2.55. The molecule has 2 heterocycles. The number of nitrogens with one attached hydrogen (secondary N) is 3. The fourth-order valence-electron chi connectivity index (χ4n) is 3.87. The molecule has 1 aromatic carbocycles. The number of benzene rings is 1. The van der Waals surface area contributed by atoms with Gasteiger partial charge in [-0.1, -0.05) is 25.1 Å². The number of piperidine rings is 1. The lowest BCUT2D eigenvalue weighted by atomic mass is 9.88. The molecule has 3 N–H and O–H groups in total. The molecule has 1 saturated heterocycles. The quantitative estimate of drug-likeness (QED) is 0.802. The fourth-order valence-corrected chi connectivity index (χ4v) is 3.87. The smallest absolute Gasteiger partial charge is 0.243 e. The molecule has 0 aromatic heterocycles. The van der Waals surface area contributed by atoms with Crippen molar-refractivity contribution in [2.24, 2.45) is 5.92 Å². The Morgan fingerprint density at radius 3 is 2.95 bits per heavy atom. The summed E-state index contributed by atoms with van der Waals surface area (Å²) in [7, 11) is 0. The number of fused-ring (bicyclic) bond motifs is 1. The standard InChI is InChI=1S/C18H27N3O/c1-11-7-5-9-19-16(11)13(3)20-18(22)15-10-14-8-4-6-12(2)17(14)21-15/h4,6,8,11,13,15-16,19,21H,5,7,9-10H2,1-3H3,(H,20,22). The third-order valence-corrected chi connectivity index (χ3v) is 5.16. The Balaban J connectivity index is 1.60. The molecule has 2 aliphatic rings. The molecule has 4 heteroatoms. The van der Waals surface area contributed by atoms with Gasteiger partial charge in [0.2, 0.25) is 5.91 Å². The van der Waals surface area contributed by atoms with E-state index in [1.165, 1.54) is 24.0 Å². The molecule has 0 bridgehead atoms. The fraction of sp³-hybridized carbons (Fsp3) is 0.611. The summed E-state index contributed by atoms with van der Waals surface area (Å²) in [5.41, 5.74) is 3.60. The zero-order valence-corrected chi connectivity index (χ0v) is 13.8. The minimum atomic E-state index is -0.141. The number of carbonyl (C=O) groups is 1. The van der Waals surface area contributed by atoms with Gasteiger partial charge < -0.3 is 16.0 Å². The number of amides is 1. The summed E-state index contributed by atoms with van der Waals surface area (Å²) in [6.07, 6.45) is 3.25. The van der Waals surface area contributed by atoms with Crippen molar-refractivity contribution in [2.75, 3.05) is 11.9 Å². The summed E-state index contributed by atoms with van der Waals surface area (Å²) in [5.74, 6) is 0.725. The molecule has 2 aliphatic heterocycles. The van der Waals surface area contributed by atoms with Crippen LogP contribution in [0.2, 0.25) is 0 Å². The van der Waals surface area contributed by atoms with E-state index in [1.807, 2.05) is 0 Å². The lowest BCUT2D eigenvalue weighted by molar-refractivity contribution is -0.122. The van der Waals surface area contributed by atoms with Crippen LogP contribution >= 0.6 is 0 Å². The maximum absolute atomic E-state index is 12.6. The third-order valence-electron chi connectivity index (χ3n) is 5.16. The highest BCUT2D eigenvalue weighted by atomic mass is 16.2. The van der Waals surface area contributed by atoms with Crippen molar-refractivity contribution in [3.63, 3.8) is 0 Å². The second-order valence-electron chi connectivity index (χ2n) is 6.91. The Kier molecular flexibility index (Phi) is 4.39. The molecule has 4 nitrogen and oxygen atoms in total. The van der Waals surface area contributed by atoms with Crippen molar-refractivity contribution in [1.82, 2.24) is 10.6 Å². The number of rotatable bonds is 3. The average molecular weight is 301 g/mol. The summed E-state index contributed by atoms with van der Waals surface area (Å²) in [6, 6.07) is 6.65. The van der Waals surface area contributed by atoms with Crippen LogP contribution in [0.5, 0.6) is 0 Å². The number of hydrogen-bond acceptors (Lipinski definition) is 3. The van der Waals surface area contributed by atoms with Gasteiger partial charge in [0.15, 0.2) is 0 Å². The van der Waals surface area contributed by atoms with Crippen LogP contribution in [0.15, 0.2) is 18.2 Å². The van der Waals surface area contributed by atoms with Gasteiger partial charge in [-0.2, -0.15) is 0 Å². The van der Waals surface area contributed by atoms with Crippen LogP contribution in [0, 0.1) is 12.8 Å². The van der Waals surface area contributed by atoms with Gasteiger partial charge in [0.05, 0.1) is 0 Å². The van der Waals surface area contributed by atoms with Crippen LogP contribution in [-0.4, -0.2) is 30.6 Å². The van der Waals surface area contributed by atoms with Crippen LogP contribution in [0.3, 0.4) is 0 Å². The first-order chi connectivity index (χ1) is 10.6. The third kappa shape index (κ3) is 2.98. The summed E-state index contributed by atoms with van der Waals surface area (Å²) in [5, 5.41) is 10.2. The van der Waals surface area contributed by atoms with Gasteiger partial charge >= 0.3 is 0 Å². The van der Waals surface area contributed by atoms with Gasteiger partial charge in [-0.25, -0.2) is 0 Å². The zero-order valence-electron chi connectivity index (χ0n) is 13.8. The molecule has 0 aliphatic carbocycles. The lowest BCUT2D eigenvalue weighted by Gasteiger charge is -2.35. The SMILES string of the molecule is Cc1cccc2c1NC(C(=O)NC(C)C1NCCCC1C)C2. The topological polar surface area (TPSA) is 53.2 Å². The molecule has 0 radical (unpaired) electrons. The van der Waals surface area contributed by atoms with E-state index in [-0.39, 0.29) is 18.0 Å². The first-order valence-corrected chi connectivity index (χ1v) is 8.45. The van der Waals surface area contributed by atoms with Crippen molar-refractivity contribution >= 4 is 11.6 Å². The second kappa shape index (κ2) is 6.29. The first kappa shape index (κ1) is 15.3. The number of para-hydroxylation sites is 1. The zero-order chi connectivity index (χ0) is 15.7. The van der Waals surface area contributed by atoms with E-state index in [0.29, 0.717) is 12.0 Å². The maximum Gasteiger partial charge on any atom is 0.243 e. The van der Waals surface area contributed by atoms with Gasteiger partial charge in [0.1, 0.15) is 6.04 Å². The van der Waals surface area contributed by atoms with Crippen LogP contribution in [0.25, 0.3) is 0 Å². The van der Waals surface area contributed by atoms with Gasteiger partial charge in [-0.05, 0) is 50.3 Å². The molecule has 1 aromatic rings. The Morgan fingerprint density at radius 2 is 2.23 bits per heavy atom. The summed E-state index contributed by atoms with van der Waals surface area (Å²) < 4.78 is 0. The predicted octanol–water partition coefficient (Wildman–Crippen LogP) is 2.22. The van der Waals surface area contributed by atoms with Gasteiger partial charge in [0.25, 0.3) is 0 Å². The van der Waals surface area contributed by atoms with Crippen molar-refractivity contribution in [2.45, 2.75) is 58.2 Å². The minimum Gasteiger partial charge on any atom is -0.373 e. The number of aryl methyl sites for hydroxylation is 1. The van der Waals surface area contributed by atoms with Gasteiger partial charge in [-0.15, -0.1) is 0 Å². The number of carbonyl (C=O) groups excluding carboxylic acids is 1. The van der Waals surface area contributed by atoms with E-state index in [4.69, 9.17) is 0 Å². The number of anilines is 1. The minimum absolute atomic E-state index is 0.114. The molecule has 120 valence electrons. The molecule has 1 fully saturated rings. The van der Waals surface area contributed by atoms with Gasteiger partial charge in [0, 0.05) is 24.2 Å². The molecular weight excluding hydrogens is 274 g/mol. The van der Waals surface area contributed by atoms with E-state index in [9.17, 15) is 4.79 Å². The van der Waals surface area contributed by atoms with E-state index < -0.39 is 0 Å². The van der Waals surface area contributed by atoms with Crippen LogP contribution in [0.1, 0.15) is 37.8 Å². The van der Waals surface area contributed by atoms with Crippen LogP contribution < -0.4 is 16.0 Å². The molecular formula is C18H27N3O. The Hall–Kier alpha value is -1.55. The normalized spacial score (nSPS) is 28.6. The van der Waals surface area contributed by atoms with Crippen molar-refractivity contribution < 1.29 is 4.79 Å². The molecule has 0 spiro atoms. The molecule has 1 amide bonds. The second-order valence-corrected chi connectivity index (χ2v) is 6.91. The Morgan fingerprint density at radius 1 is 1.41 bits per heavy atom. The maximum atomic E-state index is 12.6. The summed E-state index contributed by atoms with van der Waals surface area (Å²) in [4.78, 5) is 12.6. The van der Waals surface area contributed by atoms with Crippen molar-refractivity contribution in [3.8, 4) is 0 Å². The largest absolute Gasteiger partial charge is 0.373 e. The van der Waals surface area contributed by atoms with E-state index >= 15 is 0 Å². The monoisotopic (exact) mass is 301 g/mol. The van der Waals surface area contributed by atoms with Crippen molar-refractivity contribution in [3.05, 3.63) is 29.3 Å². The van der Waals surface area contributed by atoms with Crippen LogP contribution in [0.4, 0.5) is 5.69 Å². The molecule has 22 heavy (non-hydrogen) atoms. The molecule has 0 saturated carbocycles. The molecule has 3 rings (SSSR count). The number of hydrogen-bond donors (Lipinski definition) is 3. The van der Waals surface area contributed by atoms with Crippen molar-refractivity contribution in [1.29, 1.82) is 0 Å². The molecule has 4 unspecified atom stereocenters. The van der Waals surface area contributed by atoms with Crippen LogP contribution in [-0.2, 0) is 11.2 Å². The van der Waals surface area contributed by atoms with E-state index in [0.717, 1.165) is 18.7 Å². The Bertz CT molecular complexity index is 557. The van der Waals surface area contributed by atoms with E-state index in [2.05, 4.69) is 54.9 Å². The highest BCUT2D eigenvalue weighted by Gasteiger charge is 2.31. The highest BCUT2D eigenvalue weighted by Crippen LogP contribution is 2.29. The average Bonchev–Trinajstić information content (AvgIpc) is 2.93.